The number of aromatic nitrogens is 1. The zero-order valence-corrected chi connectivity index (χ0v) is 8.28. The first-order valence-corrected chi connectivity index (χ1v) is 4.78. The van der Waals surface area contributed by atoms with Crippen LogP contribution in [0.2, 0.25) is 0 Å². The normalized spacial score (nSPS) is 11.2. The molecule has 0 radical (unpaired) electrons. The molecule has 1 rings (SSSR count). The van der Waals surface area contributed by atoms with E-state index in [-0.39, 0.29) is 0 Å². The molecular weight excluding hydrogens is 196 g/mol. The highest BCUT2D eigenvalue weighted by Crippen LogP contribution is 2.26. The number of alkyl halides is 2. The van der Waals surface area contributed by atoms with E-state index in [2.05, 4.69) is 4.98 Å². The van der Waals surface area contributed by atoms with Crippen molar-refractivity contribution >= 4 is 11.3 Å². The lowest BCUT2D eigenvalue weighted by Gasteiger charge is -2.00. The maximum absolute atomic E-state index is 11.7. The molecule has 0 fully saturated rings. The van der Waals surface area contributed by atoms with E-state index in [0.29, 0.717) is 11.0 Å². The van der Waals surface area contributed by atoms with Gasteiger partial charge in [0.25, 0.3) is 6.43 Å². The van der Waals surface area contributed by atoms with Crippen molar-refractivity contribution in [2.24, 2.45) is 0 Å². The molecule has 0 aliphatic heterocycles. The van der Waals surface area contributed by atoms with Gasteiger partial charge in [0, 0.05) is 5.92 Å². The van der Waals surface area contributed by atoms with Gasteiger partial charge in [-0.3, -0.25) is 0 Å². The predicted octanol–water partition coefficient (Wildman–Crippen LogP) is 2.91. The monoisotopic (exact) mass is 207 g/mol. The minimum atomic E-state index is -2.43. The van der Waals surface area contributed by atoms with Gasteiger partial charge in [-0.2, -0.15) is 0 Å². The van der Waals surface area contributed by atoms with Crippen LogP contribution < -0.4 is 4.74 Å². The molecule has 0 unspecified atom stereocenters. The van der Waals surface area contributed by atoms with Crippen molar-refractivity contribution in [3.8, 4) is 5.06 Å². The molecule has 1 aromatic heterocycles. The van der Waals surface area contributed by atoms with Crippen molar-refractivity contribution in [3.05, 3.63) is 11.2 Å². The summed E-state index contributed by atoms with van der Waals surface area (Å²) in [7, 11) is 0. The highest BCUT2D eigenvalue weighted by Gasteiger charge is 2.08. The van der Waals surface area contributed by atoms with E-state index in [1.54, 1.807) is 0 Å². The van der Waals surface area contributed by atoms with Crippen LogP contribution in [0.25, 0.3) is 0 Å². The van der Waals surface area contributed by atoms with E-state index in [0.717, 1.165) is 5.01 Å². The third kappa shape index (κ3) is 3.26. The predicted molar refractivity (Wildman–Crippen MR) is 47.7 cm³/mol. The van der Waals surface area contributed by atoms with Gasteiger partial charge in [-0.25, -0.2) is 13.8 Å². The summed E-state index contributed by atoms with van der Waals surface area (Å²) >= 11 is 1.32. The topological polar surface area (TPSA) is 22.1 Å². The van der Waals surface area contributed by atoms with Crippen LogP contribution in [0.1, 0.15) is 24.8 Å². The van der Waals surface area contributed by atoms with Crippen LogP contribution in [0.3, 0.4) is 0 Å². The number of hydrogen-bond acceptors (Lipinski definition) is 3. The van der Waals surface area contributed by atoms with Gasteiger partial charge in [-0.15, -0.1) is 0 Å². The van der Waals surface area contributed by atoms with Crippen LogP contribution in [-0.4, -0.2) is 18.0 Å². The number of ether oxygens (including phenoxy) is 1. The average Bonchev–Trinajstić information content (AvgIpc) is 2.48. The second kappa shape index (κ2) is 4.50. The molecule has 0 amide bonds. The van der Waals surface area contributed by atoms with Gasteiger partial charge in [0.15, 0.2) is 5.06 Å². The molecule has 0 aliphatic rings. The summed E-state index contributed by atoms with van der Waals surface area (Å²) in [6.07, 6.45) is -0.938. The van der Waals surface area contributed by atoms with E-state index in [4.69, 9.17) is 4.74 Å². The first kappa shape index (κ1) is 10.4. The van der Waals surface area contributed by atoms with Crippen LogP contribution >= 0.6 is 11.3 Å². The van der Waals surface area contributed by atoms with E-state index < -0.39 is 13.0 Å². The van der Waals surface area contributed by atoms with Crippen molar-refractivity contribution in [1.82, 2.24) is 4.98 Å². The summed E-state index contributed by atoms with van der Waals surface area (Å²) in [6.45, 7) is 3.44. The Labute approximate surface area is 79.6 Å². The Hall–Kier alpha value is -0.710. The first-order chi connectivity index (χ1) is 6.09. The molecule has 1 aromatic rings. The van der Waals surface area contributed by atoms with Crippen LogP contribution in [0, 0.1) is 0 Å². The molecule has 1 heterocycles. The van der Waals surface area contributed by atoms with Crippen molar-refractivity contribution in [1.29, 1.82) is 0 Å². The molecule has 74 valence electrons. The Bertz CT molecular complexity index is 262. The number of halogens is 2. The van der Waals surface area contributed by atoms with Crippen molar-refractivity contribution < 1.29 is 13.5 Å². The zero-order chi connectivity index (χ0) is 9.84. The maximum Gasteiger partial charge on any atom is 0.272 e. The molecule has 5 heteroatoms. The van der Waals surface area contributed by atoms with Crippen LogP contribution in [0.5, 0.6) is 5.06 Å². The second-order valence-corrected chi connectivity index (χ2v) is 3.90. The SMILES string of the molecule is CC(C)c1ncc(OCC(F)F)s1. The molecule has 0 aromatic carbocycles. The Morgan fingerprint density at radius 1 is 1.54 bits per heavy atom. The minimum Gasteiger partial charge on any atom is -0.477 e. The second-order valence-electron chi connectivity index (χ2n) is 2.87. The number of nitrogens with zero attached hydrogens (tertiary/aromatic N) is 1. The maximum atomic E-state index is 11.7. The lowest BCUT2D eigenvalue weighted by molar-refractivity contribution is 0.0837. The minimum absolute atomic E-state index is 0.314. The lowest BCUT2D eigenvalue weighted by Crippen LogP contribution is -2.05. The number of hydrogen-bond donors (Lipinski definition) is 0. The third-order valence-corrected chi connectivity index (χ3v) is 2.56. The molecule has 0 spiro atoms. The van der Waals surface area contributed by atoms with Gasteiger partial charge in [0.2, 0.25) is 0 Å². The smallest absolute Gasteiger partial charge is 0.272 e. The Morgan fingerprint density at radius 2 is 2.23 bits per heavy atom. The summed E-state index contributed by atoms with van der Waals surface area (Å²) in [4.78, 5) is 4.04. The molecule has 0 saturated heterocycles. The number of thiazole rings is 1. The molecule has 0 N–H and O–H groups in total. The zero-order valence-electron chi connectivity index (χ0n) is 7.46. The summed E-state index contributed by atoms with van der Waals surface area (Å²) < 4.78 is 28.3. The van der Waals surface area contributed by atoms with Crippen LogP contribution in [0.4, 0.5) is 8.78 Å². The van der Waals surface area contributed by atoms with Crippen molar-refractivity contribution in [3.63, 3.8) is 0 Å². The van der Waals surface area contributed by atoms with Crippen LogP contribution in [0.15, 0.2) is 6.20 Å². The number of rotatable bonds is 4. The molecule has 0 aliphatic carbocycles. The van der Waals surface area contributed by atoms with E-state index in [1.807, 2.05) is 13.8 Å². The van der Waals surface area contributed by atoms with E-state index in [1.165, 1.54) is 17.5 Å². The van der Waals surface area contributed by atoms with E-state index >= 15 is 0 Å². The summed E-state index contributed by atoms with van der Waals surface area (Å²) in [6, 6.07) is 0. The van der Waals surface area contributed by atoms with Gasteiger partial charge >= 0.3 is 0 Å². The third-order valence-electron chi connectivity index (χ3n) is 1.35. The Morgan fingerprint density at radius 3 is 2.69 bits per heavy atom. The average molecular weight is 207 g/mol. The quantitative estimate of drug-likeness (QED) is 0.757. The van der Waals surface area contributed by atoms with Crippen molar-refractivity contribution in [2.75, 3.05) is 6.61 Å². The molecule has 0 saturated carbocycles. The standard InChI is InChI=1S/C8H11F2NOS/c1-5(2)8-11-3-7(13-8)12-4-6(9)10/h3,5-6H,4H2,1-2H3. The van der Waals surface area contributed by atoms with Crippen LogP contribution in [-0.2, 0) is 0 Å². The van der Waals surface area contributed by atoms with E-state index in [9.17, 15) is 8.78 Å². The highest BCUT2D eigenvalue weighted by atomic mass is 32.1. The molecule has 0 atom stereocenters. The van der Waals surface area contributed by atoms with Gasteiger partial charge < -0.3 is 4.74 Å². The van der Waals surface area contributed by atoms with Gasteiger partial charge in [0.1, 0.15) is 6.61 Å². The highest BCUT2D eigenvalue weighted by molar-refractivity contribution is 7.13. The van der Waals surface area contributed by atoms with Gasteiger partial charge in [0.05, 0.1) is 11.2 Å². The largest absolute Gasteiger partial charge is 0.477 e. The summed E-state index contributed by atoms with van der Waals surface area (Å²) in [5.41, 5.74) is 0. The fourth-order valence-corrected chi connectivity index (χ4v) is 1.53. The van der Waals surface area contributed by atoms with Gasteiger partial charge in [-0.1, -0.05) is 25.2 Å². The Balaban J connectivity index is 2.49. The summed E-state index contributed by atoms with van der Waals surface area (Å²) in [5, 5.41) is 1.37. The molecular formula is C8H11F2NOS. The Kier molecular flexibility index (Phi) is 3.59. The van der Waals surface area contributed by atoms with Crippen molar-refractivity contribution in [2.45, 2.75) is 26.2 Å². The molecule has 0 bridgehead atoms. The van der Waals surface area contributed by atoms with Gasteiger partial charge in [-0.05, 0) is 0 Å². The fraction of sp³-hybridized carbons (Fsp3) is 0.625. The molecule has 13 heavy (non-hydrogen) atoms. The molecule has 2 nitrogen and oxygen atoms in total. The lowest BCUT2D eigenvalue weighted by atomic mass is 10.2. The first-order valence-electron chi connectivity index (χ1n) is 3.96. The summed E-state index contributed by atoms with van der Waals surface area (Å²) in [5.74, 6) is 0.314. The fourth-order valence-electron chi connectivity index (χ4n) is 0.751.